The highest BCUT2D eigenvalue weighted by molar-refractivity contribution is 7.56. The summed E-state index contributed by atoms with van der Waals surface area (Å²) >= 11 is 13.5. The molecule has 0 saturated heterocycles. The molecule has 0 nitrogen and oxygen atoms in total. The van der Waals surface area contributed by atoms with Gasteiger partial charge in [0.1, 0.15) is 0 Å². The topological polar surface area (TPSA) is 0 Å². The maximum absolute atomic E-state index is 6.76. The predicted octanol–water partition coefficient (Wildman–Crippen LogP) is 3.36. The molecule has 0 unspecified atom stereocenters. The van der Waals surface area contributed by atoms with Gasteiger partial charge in [-0.3, -0.25) is 0 Å². The molecule has 0 aromatic heterocycles. The summed E-state index contributed by atoms with van der Waals surface area (Å²) in [5.74, 6) is 0. The molecule has 0 saturated carbocycles. The normalized spacial score (nSPS) is 18.9. The summed E-state index contributed by atoms with van der Waals surface area (Å²) < 4.78 is 0. The molecule has 0 fully saturated rings. The first-order valence-electron chi connectivity index (χ1n) is 6.03. The Balaban J connectivity index is 2.41. The van der Waals surface area contributed by atoms with E-state index in [4.69, 9.17) is 22.2 Å². The molecule has 18 heavy (non-hydrogen) atoms. The highest BCUT2D eigenvalue weighted by Crippen LogP contribution is 2.37. The summed E-state index contributed by atoms with van der Waals surface area (Å²) in [5, 5.41) is 2.27. The smallest absolute Gasteiger partial charge is 0.134 e. The minimum absolute atomic E-state index is 0.0343. The Morgan fingerprint density at radius 2 is 1.17 bits per heavy atom. The Morgan fingerprint density at radius 1 is 0.778 bits per heavy atom. The summed E-state index contributed by atoms with van der Waals surface area (Å²) in [6.07, 6.45) is 0. The Hall–Kier alpha value is -0.763. The molecular formula is C15H14Cl2Si. The summed E-state index contributed by atoms with van der Waals surface area (Å²) in [6, 6.07) is 16.6. The van der Waals surface area contributed by atoms with E-state index in [1.165, 1.54) is 11.1 Å². The van der Waals surface area contributed by atoms with E-state index in [0.29, 0.717) is 0 Å². The Kier molecular flexibility index (Phi) is 2.64. The minimum atomic E-state index is -2.58. The van der Waals surface area contributed by atoms with E-state index in [9.17, 15) is 0 Å². The van der Waals surface area contributed by atoms with Crippen LogP contribution in [0.1, 0.15) is 25.0 Å². The molecule has 2 aromatic rings. The lowest BCUT2D eigenvalue weighted by Gasteiger charge is -2.39. The SMILES string of the molecule is CC1(C)c2ccccc2[Si](Cl)(Cl)c2ccccc21. The molecule has 3 rings (SSSR count). The summed E-state index contributed by atoms with van der Waals surface area (Å²) in [5.41, 5.74) is 2.49. The molecule has 0 radical (unpaired) electrons. The first kappa shape index (κ1) is 12.3. The van der Waals surface area contributed by atoms with Gasteiger partial charge in [-0.25, -0.2) is 0 Å². The first-order chi connectivity index (χ1) is 8.45. The van der Waals surface area contributed by atoms with Crippen LogP contribution in [0.3, 0.4) is 0 Å². The van der Waals surface area contributed by atoms with Gasteiger partial charge < -0.3 is 0 Å². The highest BCUT2D eigenvalue weighted by atomic mass is 35.7. The van der Waals surface area contributed by atoms with Crippen molar-refractivity contribution < 1.29 is 0 Å². The summed E-state index contributed by atoms with van der Waals surface area (Å²) in [4.78, 5) is 0. The van der Waals surface area contributed by atoms with E-state index < -0.39 is 6.69 Å². The third kappa shape index (κ3) is 1.51. The van der Waals surface area contributed by atoms with Crippen molar-refractivity contribution in [1.82, 2.24) is 0 Å². The molecule has 0 amide bonds. The first-order valence-corrected chi connectivity index (χ1v) is 10.1. The number of hydrogen-bond acceptors (Lipinski definition) is 0. The van der Waals surface area contributed by atoms with Crippen molar-refractivity contribution in [3.05, 3.63) is 59.7 Å². The maximum atomic E-state index is 6.76. The van der Waals surface area contributed by atoms with E-state index in [-0.39, 0.29) is 5.41 Å². The zero-order valence-electron chi connectivity index (χ0n) is 10.4. The van der Waals surface area contributed by atoms with Gasteiger partial charge in [-0.05, 0) is 21.5 Å². The standard InChI is InChI=1S/C15H14Cl2Si/c1-15(2)11-7-3-5-9-13(11)18(16,17)14-10-6-4-8-12(14)15/h3-10H,1-2H3. The summed E-state index contributed by atoms with van der Waals surface area (Å²) in [6.45, 7) is 1.90. The largest absolute Gasteiger partial charge is 0.311 e. The van der Waals surface area contributed by atoms with Crippen LogP contribution in [-0.4, -0.2) is 6.69 Å². The molecule has 0 aliphatic carbocycles. The molecule has 0 spiro atoms. The van der Waals surface area contributed by atoms with Crippen LogP contribution < -0.4 is 10.4 Å². The molecule has 1 aliphatic heterocycles. The van der Waals surface area contributed by atoms with Crippen molar-refractivity contribution in [2.45, 2.75) is 19.3 Å². The van der Waals surface area contributed by atoms with Crippen LogP contribution in [0, 0.1) is 0 Å². The van der Waals surface area contributed by atoms with Crippen molar-refractivity contribution in [2.24, 2.45) is 0 Å². The van der Waals surface area contributed by atoms with Gasteiger partial charge in [-0.15, -0.1) is 22.2 Å². The quantitative estimate of drug-likeness (QED) is 0.516. The Labute approximate surface area is 118 Å². The van der Waals surface area contributed by atoms with Crippen LogP contribution >= 0.6 is 22.2 Å². The Bertz CT molecular complexity index is 512. The predicted molar refractivity (Wildman–Crippen MR) is 81.7 cm³/mol. The van der Waals surface area contributed by atoms with Crippen LogP contribution in [0.5, 0.6) is 0 Å². The van der Waals surface area contributed by atoms with Gasteiger partial charge in [0.2, 0.25) is 0 Å². The average molecular weight is 293 g/mol. The molecule has 1 aliphatic rings. The third-order valence-corrected chi connectivity index (χ3v) is 8.55. The average Bonchev–Trinajstić information content (AvgIpc) is 2.37. The number of fused-ring (bicyclic) bond motifs is 2. The molecule has 0 bridgehead atoms. The van der Waals surface area contributed by atoms with Crippen LogP contribution in [0.25, 0.3) is 0 Å². The molecule has 0 N–H and O–H groups in total. The van der Waals surface area contributed by atoms with Crippen LogP contribution in [0.2, 0.25) is 0 Å². The number of benzene rings is 2. The fourth-order valence-electron chi connectivity index (χ4n) is 2.89. The van der Waals surface area contributed by atoms with Crippen molar-refractivity contribution >= 4 is 39.2 Å². The molecule has 92 valence electrons. The molecule has 3 heteroatoms. The second-order valence-electron chi connectivity index (χ2n) is 5.29. The Morgan fingerprint density at radius 3 is 1.61 bits per heavy atom. The zero-order chi connectivity index (χ0) is 13.0. The molecule has 0 atom stereocenters. The summed E-state index contributed by atoms with van der Waals surface area (Å²) in [7, 11) is 0. The second kappa shape index (κ2) is 3.86. The van der Waals surface area contributed by atoms with Crippen LogP contribution in [-0.2, 0) is 5.41 Å². The maximum Gasteiger partial charge on any atom is 0.311 e. The fourth-order valence-corrected chi connectivity index (χ4v) is 7.24. The van der Waals surface area contributed by atoms with Crippen LogP contribution in [0.15, 0.2) is 48.5 Å². The van der Waals surface area contributed by atoms with Gasteiger partial charge in [-0.1, -0.05) is 62.4 Å². The molecule has 2 aromatic carbocycles. The van der Waals surface area contributed by atoms with Gasteiger partial charge in [0, 0.05) is 5.41 Å². The zero-order valence-corrected chi connectivity index (χ0v) is 12.9. The van der Waals surface area contributed by atoms with Gasteiger partial charge >= 0.3 is 6.69 Å². The van der Waals surface area contributed by atoms with E-state index >= 15 is 0 Å². The van der Waals surface area contributed by atoms with Gasteiger partial charge in [0.25, 0.3) is 0 Å². The monoisotopic (exact) mass is 292 g/mol. The lowest BCUT2D eigenvalue weighted by atomic mass is 9.77. The van der Waals surface area contributed by atoms with E-state index in [0.717, 1.165) is 10.4 Å². The van der Waals surface area contributed by atoms with Crippen molar-refractivity contribution in [1.29, 1.82) is 0 Å². The lowest BCUT2D eigenvalue weighted by molar-refractivity contribution is 0.646. The highest BCUT2D eigenvalue weighted by Gasteiger charge is 2.46. The van der Waals surface area contributed by atoms with Gasteiger partial charge in [-0.2, -0.15) is 0 Å². The number of rotatable bonds is 0. The van der Waals surface area contributed by atoms with Crippen molar-refractivity contribution in [3.8, 4) is 0 Å². The fraction of sp³-hybridized carbons (Fsp3) is 0.200. The van der Waals surface area contributed by atoms with Gasteiger partial charge in [0.05, 0.1) is 0 Å². The van der Waals surface area contributed by atoms with E-state index in [1.807, 2.05) is 12.1 Å². The van der Waals surface area contributed by atoms with Gasteiger partial charge in [0.15, 0.2) is 0 Å². The van der Waals surface area contributed by atoms with Crippen molar-refractivity contribution in [3.63, 3.8) is 0 Å². The van der Waals surface area contributed by atoms with E-state index in [2.05, 4.69) is 50.2 Å². The van der Waals surface area contributed by atoms with E-state index in [1.54, 1.807) is 0 Å². The lowest BCUT2D eigenvalue weighted by Crippen LogP contribution is -2.58. The molecular weight excluding hydrogens is 279 g/mol. The number of halogens is 2. The van der Waals surface area contributed by atoms with Crippen molar-refractivity contribution in [2.75, 3.05) is 0 Å². The van der Waals surface area contributed by atoms with Crippen LogP contribution in [0.4, 0.5) is 0 Å². The second-order valence-corrected chi connectivity index (χ2v) is 11.5. The molecule has 1 heterocycles. The number of hydrogen-bond donors (Lipinski definition) is 0. The third-order valence-electron chi connectivity index (χ3n) is 3.88. The minimum Gasteiger partial charge on any atom is -0.134 e.